The molecule has 0 aliphatic rings. The Kier molecular flexibility index (Phi) is 11.0. The molecule has 0 saturated heterocycles. The van der Waals surface area contributed by atoms with Gasteiger partial charge < -0.3 is 15.4 Å². The van der Waals surface area contributed by atoms with Crippen LogP contribution in [0.4, 0.5) is 0 Å². The number of nitrogens with one attached hydrogen (secondary N) is 2. The van der Waals surface area contributed by atoms with Crippen LogP contribution in [0, 0.1) is 0 Å². The van der Waals surface area contributed by atoms with Crippen molar-refractivity contribution in [3.05, 3.63) is 59.8 Å². The van der Waals surface area contributed by atoms with E-state index in [0.29, 0.717) is 31.4 Å². The maximum Gasteiger partial charge on any atom is 0.218 e. The maximum atomic E-state index is 11.3. The van der Waals surface area contributed by atoms with Gasteiger partial charge in [-0.3, -0.25) is 4.99 Å². The number of aromatic nitrogens is 1. The number of guanidine groups is 1. The summed E-state index contributed by atoms with van der Waals surface area (Å²) in [5.41, 5.74) is 1.98. The molecule has 29 heavy (non-hydrogen) atoms. The summed E-state index contributed by atoms with van der Waals surface area (Å²) in [5.74, 6) is 1.30. The quantitative estimate of drug-likeness (QED) is 0.293. The first-order chi connectivity index (χ1) is 13.4. The molecule has 1 heterocycles. The van der Waals surface area contributed by atoms with Crippen molar-refractivity contribution in [1.29, 1.82) is 0 Å². The first-order valence-electron chi connectivity index (χ1n) is 9.13. The van der Waals surface area contributed by atoms with Crippen molar-refractivity contribution in [3.63, 3.8) is 0 Å². The summed E-state index contributed by atoms with van der Waals surface area (Å²) in [7, 11) is -1.30. The second-order valence-corrected chi connectivity index (χ2v) is 8.89. The molecule has 2 rings (SSSR count). The van der Waals surface area contributed by atoms with E-state index in [1.807, 2.05) is 49.4 Å². The van der Waals surface area contributed by atoms with E-state index in [1.165, 1.54) is 6.26 Å². The number of pyridine rings is 1. The molecule has 0 radical (unpaired) electrons. The highest BCUT2D eigenvalue weighted by Crippen LogP contribution is 2.16. The molecule has 0 aliphatic heterocycles. The summed E-state index contributed by atoms with van der Waals surface area (Å²) in [6.45, 7) is 2.85. The van der Waals surface area contributed by atoms with Gasteiger partial charge in [0.05, 0.1) is 5.75 Å². The third-order valence-electron chi connectivity index (χ3n) is 4.04. The largest absolute Gasteiger partial charge is 0.473 e. The Morgan fingerprint density at radius 3 is 2.59 bits per heavy atom. The fourth-order valence-corrected chi connectivity index (χ4v) is 3.27. The average Bonchev–Trinajstić information content (AvgIpc) is 2.69. The summed E-state index contributed by atoms with van der Waals surface area (Å²) in [5, 5.41) is 6.42. The Morgan fingerprint density at radius 1 is 1.21 bits per heavy atom. The molecule has 160 valence electrons. The lowest BCUT2D eigenvalue weighted by atomic mass is 10.2. The zero-order chi connectivity index (χ0) is 20.4. The predicted molar refractivity (Wildman–Crippen MR) is 128 cm³/mol. The van der Waals surface area contributed by atoms with Gasteiger partial charge in [0, 0.05) is 37.7 Å². The zero-order valence-electron chi connectivity index (χ0n) is 17.0. The molecule has 0 fully saturated rings. The summed E-state index contributed by atoms with van der Waals surface area (Å²) >= 11 is 0. The minimum absolute atomic E-state index is 0. The maximum absolute atomic E-state index is 11.3. The number of ether oxygens (including phenoxy) is 1. The Morgan fingerprint density at radius 2 is 1.93 bits per heavy atom. The highest BCUT2D eigenvalue weighted by Gasteiger charge is 2.11. The van der Waals surface area contributed by atoms with Crippen LogP contribution in [0.3, 0.4) is 0 Å². The van der Waals surface area contributed by atoms with Gasteiger partial charge in [-0.15, -0.1) is 24.0 Å². The molecule has 0 spiro atoms. The minimum atomic E-state index is -2.98. The number of sulfone groups is 1. The monoisotopic (exact) mass is 532 g/mol. The van der Waals surface area contributed by atoms with Gasteiger partial charge in [-0.05, 0) is 25.0 Å². The van der Waals surface area contributed by atoms with Crippen molar-refractivity contribution in [2.24, 2.45) is 4.99 Å². The van der Waals surface area contributed by atoms with Crippen LogP contribution in [0.1, 0.15) is 24.5 Å². The third-order valence-corrected chi connectivity index (χ3v) is 5.02. The highest BCUT2D eigenvalue weighted by atomic mass is 127. The van der Waals surface area contributed by atoms with Gasteiger partial charge >= 0.3 is 0 Å². The second kappa shape index (κ2) is 12.6. The number of halogens is 1. The van der Waals surface area contributed by atoms with Crippen LogP contribution in [0.5, 0.6) is 5.88 Å². The number of benzene rings is 1. The van der Waals surface area contributed by atoms with E-state index in [9.17, 15) is 8.42 Å². The molecule has 0 bridgehead atoms. The normalized spacial score (nSPS) is 12.6. The first-order valence-corrected chi connectivity index (χ1v) is 11.2. The van der Waals surface area contributed by atoms with Crippen LogP contribution < -0.4 is 15.4 Å². The van der Waals surface area contributed by atoms with Gasteiger partial charge in [0.2, 0.25) is 5.88 Å². The van der Waals surface area contributed by atoms with Crippen molar-refractivity contribution in [2.45, 2.75) is 32.5 Å². The minimum Gasteiger partial charge on any atom is -0.473 e. The zero-order valence-corrected chi connectivity index (χ0v) is 20.1. The van der Waals surface area contributed by atoms with Crippen LogP contribution in [0.15, 0.2) is 53.7 Å². The van der Waals surface area contributed by atoms with Crippen molar-refractivity contribution in [2.75, 3.05) is 19.1 Å². The van der Waals surface area contributed by atoms with E-state index >= 15 is 0 Å². The summed E-state index contributed by atoms with van der Waals surface area (Å²) < 4.78 is 28.5. The Labute approximate surface area is 190 Å². The van der Waals surface area contributed by atoms with Gasteiger partial charge in [0.15, 0.2) is 5.96 Å². The number of hydrogen-bond acceptors (Lipinski definition) is 5. The SMILES string of the molecule is CN=C(NCc1cccnc1OCc1ccccc1)NC(C)CCS(C)(=O)=O.I. The van der Waals surface area contributed by atoms with E-state index in [2.05, 4.69) is 20.6 Å². The molecule has 2 N–H and O–H groups in total. The molecule has 1 atom stereocenters. The summed E-state index contributed by atoms with van der Waals surface area (Å²) in [4.78, 5) is 8.52. The molecular formula is C20H29IN4O3S. The van der Waals surface area contributed by atoms with Crippen LogP contribution in [0.25, 0.3) is 0 Å². The fraction of sp³-hybridized carbons (Fsp3) is 0.400. The number of aliphatic imine (C=N–C) groups is 1. The van der Waals surface area contributed by atoms with Crippen molar-refractivity contribution < 1.29 is 13.2 Å². The lowest BCUT2D eigenvalue weighted by Crippen LogP contribution is -2.42. The number of nitrogens with zero attached hydrogens (tertiary/aromatic N) is 2. The standard InChI is InChI=1S/C20H28N4O3S.HI/c1-16(11-13-28(3,25)26)24-20(21-2)23-14-18-10-7-12-22-19(18)27-15-17-8-5-4-6-9-17;/h4-10,12,16H,11,13-15H2,1-3H3,(H2,21,23,24);1H. The van der Waals surface area contributed by atoms with Crippen molar-refractivity contribution in [1.82, 2.24) is 15.6 Å². The summed E-state index contributed by atoms with van der Waals surface area (Å²) in [6.07, 6.45) is 3.45. The van der Waals surface area contributed by atoms with E-state index in [0.717, 1.165) is 11.1 Å². The molecular weight excluding hydrogens is 503 g/mol. The van der Waals surface area contributed by atoms with Crippen LogP contribution in [-0.2, 0) is 23.0 Å². The molecule has 0 saturated carbocycles. The number of rotatable bonds is 9. The van der Waals surface area contributed by atoms with Gasteiger partial charge in [-0.25, -0.2) is 13.4 Å². The van der Waals surface area contributed by atoms with E-state index in [1.54, 1.807) is 13.2 Å². The second-order valence-electron chi connectivity index (χ2n) is 6.63. The Balaban J connectivity index is 0.00000420. The van der Waals surface area contributed by atoms with E-state index < -0.39 is 9.84 Å². The molecule has 1 aromatic heterocycles. The molecule has 9 heteroatoms. The van der Waals surface area contributed by atoms with Crippen molar-refractivity contribution in [3.8, 4) is 5.88 Å². The van der Waals surface area contributed by atoms with Gasteiger partial charge in [0.1, 0.15) is 16.4 Å². The Hall–Kier alpha value is -1.88. The molecule has 1 aromatic carbocycles. The summed E-state index contributed by atoms with van der Waals surface area (Å²) in [6, 6.07) is 13.7. The first kappa shape index (κ1) is 25.2. The predicted octanol–water partition coefficient (Wildman–Crippen LogP) is 2.77. The molecule has 7 nitrogen and oxygen atoms in total. The molecule has 0 amide bonds. The van der Waals surface area contributed by atoms with Crippen LogP contribution in [-0.4, -0.2) is 44.5 Å². The van der Waals surface area contributed by atoms with Crippen LogP contribution in [0.2, 0.25) is 0 Å². The third kappa shape index (κ3) is 9.93. The van der Waals surface area contributed by atoms with Crippen molar-refractivity contribution >= 4 is 39.8 Å². The number of hydrogen-bond donors (Lipinski definition) is 2. The Bertz CT molecular complexity index is 876. The van der Waals surface area contributed by atoms with Crippen LogP contribution >= 0.6 is 24.0 Å². The molecule has 2 aromatic rings. The average molecular weight is 532 g/mol. The smallest absolute Gasteiger partial charge is 0.218 e. The van der Waals surface area contributed by atoms with Gasteiger partial charge in [0.25, 0.3) is 0 Å². The molecule has 1 unspecified atom stereocenters. The lowest BCUT2D eigenvalue weighted by Gasteiger charge is -2.18. The van der Waals surface area contributed by atoms with Gasteiger partial charge in [-0.1, -0.05) is 36.4 Å². The highest BCUT2D eigenvalue weighted by molar-refractivity contribution is 14.0. The van der Waals surface area contributed by atoms with Gasteiger partial charge in [-0.2, -0.15) is 0 Å². The fourth-order valence-electron chi connectivity index (χ4n) is 2.48. The van der Waals surface area contributed by atoms with E-state index in [4.69, 9.17) is 4.74 Å². The molecule has 0 aliphatic carbocycles. The van der Waals surface area contributed by atoms with E-state index in [-0.39, 0.29) is 35.8 Å². The lowest BCUT2D eigenvalue weighted by molar-refractivity contribution is 0.290. The topological polar surface area (TPSA) is 92.7 Å².